The van der Waals surface area contributed by atoms with Crippen LogP contribution < -0.4 is 11.5 Å². The van der Waals surface area contributed by atoms with Gasteiger partial charge in [-0.3, -0.25) is 10.1 Å². The lowest BCUT2D eigenvalue weighted by Gasteiger charge is -2.10. The Hall–Kier alpha value is -0.730. The van der Waals surface area contributed by atoms with E-state index >= 15 is 0 Å². The fourth-order valence-corrected chi connectivity index (χ4v) is 1.79. The van der Waals surface area contributed by atoms with Gasteiger partial charge in [-0.1, -0.05) is 0 Å². The van der Waals surface area contributed by atoms with Crippen molar-refractivity contribution in [1.82, 2.24) is 0 Å². The Morgan fingerprint density at radius 1 is 1.57 bits per heavy atom. The number of rotatable bonds is 3. The Labute approximate surface area is 94.8 Å². The molecular formula is C8H10IN3O2. The van der Waals surface area contributed by atoms with Gasteiger partial charge in [-0.2, -0.15) is 0 Å². The molecule has 14 heavy (non-hydrogen) atoms. The van der Waals surface area contributed by atoms with E-state index in [-0.39, 0.29) is 18.3 Å². The van der Waals surface area contributed by atoms with E-state index in [1.54, 1.807) is 6.07 Å². The van der Waals surface area contributed by atoms with Gasteiger partial charge in [-0.15, -0.1) is 0 Å². The highest BCUT2D eigenvalue weighted by atomic mass is 127. The summed E-state index contributed by atoms with van der Waals surface area (Å²) in [6.45, 7) is 0.275. The SMILES string of the molecule is NC[C@H](N)c1cc([N+](=O)[O-])ccc1I. The average molecular weight is 307 g/mol. The number of halogens is 1. The number of non-ortho nitro benzene ring substituents is 1. The van der Waals surface area contributed by atoms with Crippen LogP contribution in [-0.2, 0) is 0 Å². The summed E-state index contributed by atoms with van der Waals surface area (Å²) in [5.41, 5.74) is 11.9. The highest BCUT2D eigenvalue weighted by molar-refractivity contribution is 14.1. The van der Waals surface area contributed by atoms with Crippen LogP contribution in [0.5, 0.6) is 0 Å². The molecule has 0 aliphatic heterocycles. The number of nitro groups is 1. The lowest BCUT2D eigenvalue weighted by atomic mass is 10.1. The summed E-state index contributed by atoms with van der Waals surface area (Å²) in [6.07, 6.45) is 0. The summed E-state index contributed by atoms with van der Waals surface area (Å²) in [7, 11) is 0. The summed E-state index contributed by atoms with van der Waals surface area (Å²) in [4.78, 5) is 10.1. The lowest BCUT2D eigenvalue weighted by molar-refractivity contribution is -0.384. The van der Waals surface area contributed by atoms with Crippen molar-refractivity contribution < 1.29 is 4.92 Å². The number of hydrogen-bond donors (Lipinski definition) is 2. The first-order valence-corrected chi connectivity index (χ1v) is 5.03. The molecule has 0 saturated carbocycles. The molecule has 1 atom stereocenters. The first-order valence-electron chi connectivity index (χ1n) is 3.95. The molecule has 6 heteroatoms. The first-order chi connectivity index (χ1) is 6.56. The Morgan fingerprint density at radius 2 is 2.21 bits per heavy atom. The lowest BCUT2D eigenvalue weighted by Crippen LogP contribution is -2.21. The predicted molar refractivity (Wildman–Crippen MR) is 61.8 cm³/mol. The maximum Gasteiger partial charge on any atom is 0.269 e. The van der Waals surface area contributed by atoms with Gasteiger partial charge in [0.1, 0.15) is 0 Å². The third kappa shape index (κ3) is 2.40. The van der Waals surface area contributed by atoms with Crippen molar-refractivity contribution in [2.45, 2.75) is 6.04 Å². The predicted octanol–water partition coefficient (Wildman–Crippen LogP) is 1.16. The van der Waals surface area contributed by atoms with E-state index in [2.05, 4.69) is 22.6 Å². The molecule has 1 aromatic rings. The van der Waals surface area contributed by atoms with Crippen molar-refractivity contribution in [2.24, 2.45) is 11.5 Å². The van der Waals surface area contributed by atoms with Gasteiger partial charge in [-0.25, -0.2) is 0 Å². The number of nitrogens with zero attached hydrogens (tertiary/aromatic N) is 1. The van der Waals surface area contributed by atoms with E-state index in [1.165, 1.54) is 12.1 Å². The molecule has 0 saturated heterocycles. The Morgan fingerprint density at radius 3 is 2.71 bits per heavy atom. The highest BCUT2D eigenvalue weighted by Gasteiger charge is 2.13. The van der Waals surface area contributed by atoms with Gasteiger partial charge in [0.25, 0.3) is 5.69 Å². The third-order valence-electron chi connectivity index (χ3n) is 1.84. The van der Waals surface area contributed by atoms with Gasteiger partial charge in [0, 0.05) is 28.3 Å². The maximum absolute atomic E-state index is 10.5. The molecule has 1 rings (SSSR count). The highest BCUT2D eigenvalue weighted by Crippen LogP contribution is 2.23. The molecular weight excluding hydrogens is 297 g/mol. The molecule has 4 N–H and O–H groups in total. The largest absolute Gasteiger partial charge is 0.329 e. The number of benzene rings is 1. The minimum absolute atomic E-state index is 0.0457. The fraction of sp³-hybridized carbons (Fsp3) is 0.250. The second-order valence-electron chi connectivity index (χ2n) is 2.81. The third-order valence-corrected chi connectivity index (χ3v) is 2.83. The van der Waals surface area contributed by atoms with Crippen molar-refractivity contribution >= 4 is 28.3 Å². The summed E-state index contributed by atoms with van der Waals surface area (Å²) in [5.74, 6) is 0. The zero-order chi connectivity index (χ0) is 10.7. The van der Waals surface area contributed by atoms with E-state index in [9.17, 15) is 10.1 Å². The standard InChI is InChI=1S/C8H10IN3O2/c9-7-2-1-5(12(13)14)3-6(7)8(11)4-10/h1-3,8H,4,10-11H2/t8-/m0/s1. The molecule has 1 aromatic carbocycles. The molecule has 0 aliphatic rings. The normalized spacial score (nSPS) is 12.5. The zero-order valence-corrected chi connectivity index (χ0v) is 9.47. The molecule has 0 aliphatic carbocycles. The molecule has 76 valence electrons. The van der Waals surface area contributed by atoms with Crippen molar-refractivity contribution in [3.05, 3.63) is 37.4 Å². The van der Waals surface area contributed by atoms with Crippen molar-refractivity contribution in [2.75, 3.05) is 6.54 Å². The van der Waals surface area contributed by atoms with E-state index in [1.807, 2.05) is 0 Å². The molecule has 0 heterocycles. The van der Waals surface area contributed by atoms with Gasteiger partial charge in [0.2, 0.25) is 0 Å². The number of nitro benzene ring substituents is 1. The minimum atomic E-state index is -0.442. The molecule has 0 unspecified atom stereocenters. The Bertz CT molecular complexity index is 356. The molecule has 0 amide bonds. The van der Waals surface area contributed by atoms with Crippen LogP contribution >= 0.6 is 22.6 Å². The topological polar surface area (TPSA) is 95.2 Å². The maximum atomic E-state index is 10.5. The molecule has 5 nitrogen and oxygen atoms in total. The first kappa shape index (κ1) is 11.3. The van der Waals surface area contributed by atoms with Crippen LogP contribution in [0.3, 0.4) is 0 Å². The number of nitrogens with two attached hydrogens (primary N) is 2. The quantitative estimate of drug-likeness (QED) is 0.497. The molecule has 0 aromatic heterocycles. The van der Waals surface area contributed by atoms with Crippen LogP contribution in [0.25, 0.3) is 0 Å². The Kier molecular flexibility index (Phi) is 3.78. The van der Waals surface area contributed by atoms with Gasteiger partial charge < -0.3 is 11.5 Å². The average Bonchev–Trinajstić information content (AvgIpc) is 2.17. The fourth-order valence-electron chi connectivity index (χ4n) is 1.06. The molecule has 0 radical (unpaired) electrons. The van der Waals surface area contributed by atoms with Crippen LogP contribution in [-0.4, -0.2) is 11.5 Å². The van der Waals surface area contributed by atoms with Crippen molar-refractivity contribution in [3.63, 3.8) is 0 Å². The van der Waals surface area contributed by atoms with Crippen LogP contribution in [0.15, 0.2) is 18.2 Å². The van der Waals surface area contributed by atoms with E-state index < -0.39 is 4.92 Å². The van der Waals surface area contributed by atoms with Crippen molar-refractivity contribution in [1.29, 1.82) is 0 Å². The second-order valence-corrected chi connectivity index (χ2v) is 3.97. The van der Waals surface area contributed by atoms with Gasteiger partial charge in [0.05, 0.1) is 4.92 Å². The monoisotopic (exact) mass is 307 g/mol. The van der Waals surface area contributed by atoms with Crippen LogP contribution in [0.1, 0.15) is 11.6 Å². The van der Waals surface area contributed by atoms with E-state index in [0.29, 0.717) is 0 Å². The zero-order valence-electron chi connectivity index (χ0n) is 7.31. The minimum Gasteiger partial charge on any atom is -0.329 e. The van der Waals surface area contributed by atoms with Gasteiger partial charge in [0.15, 0.2) is 0 Å². The van der Waals surface area contributed by atoms with E-state index in [4.69, 9.17) is 11.5 Å². The molecule has 0 bridgehead atoms. The Balaban J connectivity index is 3.14. The summed E-state index contributed by atoms with van der Waals surface area (Å²) >= 11 is 2.08. The molecule has 0 spiro atoms. The van der Waals surface area contributed by atoms with Crippen LogP contribution in [0, 0.1) is 13.7 Å². The van der Waals surface area contributed by atoms with Gasteiger partial charge >= 0.3 is 0 Å². The smallest absolute Gasteiger partial charge is 0.269 e. The number of hydrogen-bond acceptors (Lipinski definition) is 4. The second kappa shape index (κ2) is 4.67. The summed E-state index contributed by atoms with van der Waals surface area (Å²) in [6, 6.07) is 4.25. The summed E-state index contributed by atoms with van der Waals surface area (Å²) in [5, 5.41) is 10.5. The van der Waals surface area contributed by atoms with E-state index in [0.717, 1.165) is 9.13 Å². The van der Waals surface area contributed by atoms with Crippen LogP contribution in [0.4, 0.5) is 5.69 Å². The van der Waals surface area contributed by atoms with Gasteiger partial charge in [-0.05, 0) is 34.2 Å². The van der Waals surface area contributed by atoms with Crippen molar-refractivity contribution in [3.8, 4) is 0 Å². The summed E-state index contributed by atoms with van der Waals surface area (Å²) < 4.78 is 0.895. The molecule has 0 fully saturated rings. The van der Waals surface area contributed by atoms with Crippen LogP contribution in [0.2, 0.25) is 0 Å².